The smallest absolute Gasteiger partial charge is 0.326 e. The molecule has 7 heteroatoms. The van der Waals surface area contributed by atoms with Crippen molar-refractivity contribution in [3.63, 3.8) is 0 Å². The summed E-state index contributed by atoms with van der Waals surface area (Å²) in [6.45, 7) is 8.84. The molecule has 0 fully saturated rings. The van der Waals surface area contributed by atoms with Gasteiger partial charge in [-0.3, -0.25) is 9.59 Å². The lowest BCUT2D eigenvalue weighted by molar-refractivity contribution is -0.137. The van der Waals surface area contributed by atoms with Crippen LogP contribution in [0.4, 0.5) is 11.4 Å². The first kappa shape index (κ1) is 32.0. The van der Waals surface area contributed by atoms with Crippen LogP contribution >= 0.6 is 0 Å². The SMILES string of the molecule is Cc1ccc(N(CCOc2ccc(CC(Nc3ccccc3C(=O)c3ccccc3)C(=O)O)cc2)C(=O)CC(C)(C)C)cc1. The first-order valence-corrected chi connectivity index (χ1v) is 14.8. The van der Waals surface area contributed by atoms with Gasteiger partial charge in [0.1, 0.15) is 18.4 Å². The van der Waals surface area contributed by atoms with E-state index in [-0.39, 0.29) is 23.5 Å². The number of aliphatic carboxylic acids is 1. The molecule has 0 spiro atoms. The van der Waals surface area contributed by atoms with Crippen LogP contribution in [0.1, 0.15) is 54.2 Å². The highest BCUT2D eigenvalue weighted by Gasteiger charge is 2.23. The number of carboxylic acid groups (broad SMARTS) is 1. The Kier molecular flexibility index (Phi) is 10.6. The van der Waals surface area contributed by atoms with Crippen molar-refractivity contribution in [3.8, 4) is 5.75 Å². The van der Waals surface area contributed by atoms with Crippen LogP contribution in [0.3, 0.4) is 0 Å². The van der Waals surface area contributed by atoms with Crippen molar-refractivity contribution in [1.82, 2.24) is 0 Å². The van der Waals surface area contributed by atoms with E-state index in [9.17, 15) is 19.5 Å². The largest absolute Gasteiger partial charge is 0.492 e. The summed E-state index contributed by atoms with van der Waals surface area (Å²) in [6.07, 6.45) is 0.616. The van der Waals surface area contributed by atoms with Crippen LogP contribution in [0.2, 0.25) is 0 Å². The number of anilines is 2. The average molecular weight is 593 g/mol. The molecule has 2 N–H and O–H groups in total. The maximum atomic E-state index is 13.1. The minimum absolute atomic E-state index is 0.0413. The molecule has 44 heavy (non-hydrogen) atoms. The molecule has 4 aromatic carbocycles. The van der Waals surface area contributed by atoms with Gasteiger partial charge in [-0.25, -0.2) is 4.79 Å². The lowest BCUT2D eigenvalue weighted by Gasteiger charge is -2.27. The number of hydrogen-bond donors (Lipinski definition) is 2. The van der Waals surface area contributed by atoms with E-state index in [2.05, 4.69) is 5.32 Å². The number of amides is 1. The molecule has 0 aliphatic heterocycles. The van der Waals surface area contributed by atoms with Gasteiger partial charge < -0.3 is 20.1 Å². The molecular formula is C37H40N2O5. The predicted molar refractivity (Wildman–Crippen MR) is 175 cm³/mol. The molecule has 0 aliphatic rings. The van der Waals surface area contributed by atoms with Gasteiger partial charge in [0, 0.05) is 35.3 Å². The highest BCUT2D eigenvalue weighted by Crippen LogP contribution is 2.25. The van der Waals surface area contributed by atoms with E-state index in [0.29, 0.717) is 42.1 Å². The van der Waals surface area contributed by atoms with Crippen molar-refractivity contribution >= 4 is 29.0 Å². The minimum Gasteiger partial charge on any atom is -0.492 e. The number of carbonyl (C=O) groups is 3. The number of carbonyl (C=O) groups excluding carboxylic acids is 2. The second-order valence-corrected chi connectivity index (χ2v) is 12.1. The van der Waals surface area contributed by atoms with Gasteiger partial charge in [0.25, 0.3) is 0 Å². The first-order chi connectivity index (χ1) is 21.0. The van der Waals surface area contributed by atoms with Crippen LogP contribution in [0, 0.1) is 12.3 Å². The summed E-state index contributed by atoms with van der Waals surface area (Å²) in [5.74, 6) is -0.539. The van der Waals surface area contributed by atoms with E-state index in [1.54, 1.807) is 65.6 Å². The summed E-state index contributed by atoms with van der Waals surface area (Å²) in [5.41, 5.74) is 4.03. The molecule has 0 heterocycles. The third-order valence-corrected chi connectivity index (χ3v) is 7.11. The molecule has 0 aromatic heterocycles. The van der Waals surface area contributed by atoms with Crippen molar-refractivity contribution in [1.29, 1.82) is 0 Å². The Balaban J connectivity index is 1.39. The van der Waals surface area contributed by atoms with Crippen LogP contribution in [-0.4, -0.2) is 42.0 Å². The van der Waals surface area contributed by atoms with E-state index < -0.39 is 12.0 Å². The standard InChI is InChI=1S/C37H40N2O5/c1-26-14-18-29(19-15-26)39(34(40)25-37(2,3)4)22-23-44-30-20-16-27(17-21-30)24-33(36(42)43)38-32-13-9-8-12-31(32)35(41)28-10-6-5-7-11-28/h5-21,33,38H,22-25H2,1-4H3,(H,42,43). The summed E-state index contributed by atoms with van der Waals surface area (Å²) in [4.78, 5) is 40.2. The molecule has 0 aliphatic carbocycles. The Morgan fingerprint density at radius 2 is 1.48 bits per heavy atom. The van der Waals surface area contributed by atoms with Crippen LogP contribution in [0.15, 0.2) is 103 Å². The molecule has 0 saturated heterocycles. The molecule has 7 nitrogen and oxygen atoms in total. The highest BCUT2D eigenvalue weighted by atomic mass is 16.5. The van der Waals surface area contributed by atoms with Gasteiger partial charge in [-0.05, 0) is 54.3 Å². The molecular weight excluding hydrogens is 552 g/mol. The topological polar surface area (TPSA) is 95.9 Å². The van der Waals surface area contributed by atoms with E-state index in [0.717, 1.165) is 16.8 Å². The van der Waals surface area contributed by atoms with Gasteiger partial charge in [-0.1, -0.05) is 93.1 Å². The summed E-state index contributed by atoms with van der Waals surface area (Å²) < 4.78 is 5.99. The fraction of sp³-hybridized carbons (Fsp3) is 0.270. The summed E-state index contributed by atoms with van der Waals surface area (Å²) in [7, 11) is 0. The quantitative estimate of drug-likeness (QED) is 0.160. The molecule has 0 saturated carbocycles. The number of carboxylic acids is 1. The van der Waals surface area contributed by atoms with Crippen molar-refractivity contribution in [2.45, 2.75) is 46.6 Å². The molecule has 1 amide bonds. The van der Waals surface area contributed by atoms with Crippen molar-refractivity contribution in [2.24, 2.45) is 5.41 Å². The Hall–Kier alpha value is -4.91. The normalized spacial score (nSPS) is 11.8. The monoisotopic (exact) mass is 592 g/mol. The summed E-state index contributed by atoms with van der Waals surface area (Å²) in [6, 6.07) is 30.0. The van der Waals surface area contributed by atoms with Crippen LogP contribution in [0.25, 0.3) is 0 Å². The number of para-hydroxylation sites is 1. The maximum absolute atomic E-state index is 13.1. The Labute approximate surface area is 259 Å². The summed E-state index contributed by atoms with van der Waals surface area (Å²) in [5, 5.41) is 13.0. The molecule has 0 bridgehead atoms. The zero-order valence-corrected chi connectivity index (χ0v) is 25.7. The number of nitrogens with zero attached hydrogens (tertiary/aromatic N) is 1. The fourth-order valence-electron chi connectivity index (χ4n) is 4.82. The first-order valence-electron chi connectivity index (χ1n) is 14.8. The van der Waals surface area contributed by atoms with Gasteiger partial charge >= 0.3 is 5.97 Å². The second-order valence-electron chi connectivity index (χ2n) is 12.1. The van der Waals surface area contributed by atoms with Gasteiger partial charge in [0.15, 0.2) is 5.78 Å². The lowest BCUT2D eigenvalue weighted by atomic mass is 9.91. The number of ether oxygens (including phenoxy) is 1. The van der Waals surface area contributed by atoms with Crippen LogP contribution in [-0.2, 0) is 16.0 Å². The Morgan fingerprint density at radius 3 is 2.11 bits per heavy atom. The van der Waals surface area contributed by atoms with E-state index >= 15 is 0 Å². The number of aryl methyl sites for hydroxylation is 1. The highest BCUT2D eigenvalue weighted by molar-refractivity contribution is 6.12. The fourth-order valence-corrected chi connectivity index (χ4v) is 4.82. The number of nitrogens with one attached hydrogen (secondary N) is 1. The molecule has 1 unspecified atom stereocenters. The van der Waals surface area contributed by atoms with Gasteiger partial charge in [0.2, 0.25) is 5.91 Å². The second kappa shape index (κ2) is 14.5. The Morgan fingerprint density at radius 1 is 0.841 bits per heavy atom. The predicted octanol–water partition coefficient (Wildman–Crippen LogP) is 7.18. The molecule has 228 valence electrons. The average Bonchev–Trinajstić information content (AvgIpc) is 3.00. The van der Waals surface area contributed by atoms with Crippen molar-refractivity contribution in [3.05, 3.63) is 125 Å². The van der Waals surface area contributed by atoms with Crippen LogP contribution in [0.5, 0.6) is 5.75 Å². The zero-order valence-electron chi connectivity index (χ0n) is 25.7. The number of benzene rings is 4. The summed E-state index contributed by atoms with van der Waals surface area (Å²) >= 11 is 0. The number of hydrogen-bond acceptors (Lipinski definition) is 5. The van der Waals surface area contributed by atoms with Crippen LogP contribution < -0.4 is 15.0 Å². The zero-order chi connectivity index (χ0) is 31.7. The molecule has 1 atom stereocenters. The van der Waals surface area contributed by atoms with Crippen molar-refractivity contribution in [2.75, 3.05) is 23.4 Å². The van der Waals surface area contributed by atoms with Crippen molar-refractivity contribution < 1.29 is 24.2 Å². The maximum Gasteiger partial charge on any atom is 0.326 e. The van der Waals surface area contributed by atoms with E-state index in [4.69, 9.17) is 4.74 Å². The number of ketones is 1. The molecule has 4 rings (SSSR count). The molecule has 4 aromatic rings. The Bertz CT molecular complexity index is 1560. The van der Waals surface area contributed by atoms with Gasteiger partial charge in [0.05, 0.1) is 6.54 Å². The molecule has 0 radical (unpaired) electrons. The minimum atomic E-state index is -1.02. The number of rotatable bonds is 13. The van der Waals surface area contributed by atoms with E-state index in [1.165, 1.54) is 0 Å². The third kappa shape index (κ3) is 9.04. The third-order valence-electron chi connectivity index (χ3n) is 7.11. The van der Waals surface area contributed by atoms with E-state index in [1.807, 2.05) is 70.2 Å². The lowest BCUT2D eigenvalue weighted by Crippen LogP contribution is -2.36. The van der Waals surface area contributed by atoms with Gasteiger partial charge in [-0.15, -0.1) is 0 Å². The van der Waals surface area contributed by atoms with Gasteiger partial charge in [-0.2, -0.15) is 0 Å².